The molecule has 2 aliphatic rings. The molecule has 0 spiro atoms. The minimum atomic E-state index is 0.148. The number of hydrogen-bond acceptors (Lipinski definition) is 3. The van der Waals surface area contributed by atoms with Crippen molar-refractivity contribution in [1.82, 2.24) is 0 Å². The third-order valence-electron chi connectivity index (χ3n) is 3.97. The first-order chi connectivity index (χ1) is 9.11. The summed E-state index contributed by atoms with van der Waals surface area (Å²) in [5.41, 5.74) is 8.49. The Morgan fingerprint density at radius 3 is 2.68 bits per heavy atom. The molecule has 2 bridgehead atoms. The second-order valence-electron chi connectivity index (χ2n) is 5.82. The Morgan fingerprint density at radius 1 is 1.37 bits per heavy atom. The Balaban J connectivity index is 1.86. The van der Waals surface area contributed by atoms with Gasteiger partial charge in [-0.1, -0.05) is 11.6 Å². The van der Waals surface area contributed by atoms with Crippen molar-refractivity contribution in [3.8, 4) is 0 Å². The molecule has 104 valence electrons. The minimum Gasteiger partial charge on any atom is -0.371 e. The number of morpholine rings is 1. The van der Waals surface area contributed by atoms with Crippen LogP contribution in [0.25, 0.3) is 0 Å². The Labute approximate surface area is 119 Å². The van der Waals surface area contributed by atoms with Crippen LogP contribution in [0.3, 0.4) is 0 Å². The van der Waals surface area contributed by atoms with Gasteiger partial charge >= 0.3 is 0 Å². The number of hydrogen-bond donors (Lipinski definition) is 1. The molecule has 0 saturated carbocycles. The molecule has 2 saturated heterocycles. The van der Waals surface area contributed by atoms with E-state index in [9.17, 15) is 0 Å². The number of halogens is 1. The number of nitrogens with zero attached hydrogens (tertiary/aromatic N) is 1. The summed E-state index contributed by atoms with van der Waals surface area (Å²) in [5, 5.41) is 0.788. The van der Waals surface area contributed by atoms with E-state index >= 15 is 0 Å². The third-order valence-corrected chi connectivity index (χ3v) is 4.20. The maximum atomic E-state index is 6.12. The first-order valence-corrected chi connectivity index (χ1v) is 7.44. The number of nitrogens with two attached hydrogens (primary N) is 1. The molecular formula is C15H21ClN2O. The van der Waals surface area contributed by atoms with Crippen molar-refractivity contribution < 1.29 is 4.74 Å². The molecule has 4 heteroatoms. The van der Waals surface area contributed by atoms with E-state index in [1.807, 2.05) is 13.0 Å². The van der Waals surface area contributed by atoms with Crippen LogP contribution in [0.5, 0.6) is 0 Å². The molecule has 3 nitrogen and oxygen atoms in total. The molecule has 0 radical (unpaired) electrons. The van der Waals surface area contributed by atoms with Crippen LogP contribution < -0.4 is 10.6 Å². The van der Waals surface area contributed by atoms with E-state index in [2.05, 4.69) is 17.0 Å². The highest BCUT2D eigenvalue weighted by molar-refractivity contribution is 6.30. The lowest BCUT2D eigenvalue weighted by Crippen LogP contribution is -2.43. The quantitative estimate of drug-likeness (QED) is 0.925. The van der Waals surface area contributed by atoms with Crippen molar-refractivity contribution >= 4 is 17.3 Å². The van der Waals surface area contributed by atoms with Crippen LogP contribution in [-0.2, 0) is 11.2 Å². The van der Waals surface area contributed by atoms with Crippen molar-refractivity contribution in [3.63, 3.8) is 0 Å². The van der Waals surface area contributed by atoms with Crippen LogP contribution in [0.1, 0.15) is 25.3 Å². The lowest BCUT2D eigenvalue weighted by Gasteiger charge is -2.35. The van der Waals surface area contributed by atoms with Crippen LogP contribution in [0.4, 0.5) is 5.69 Å². The van der Waals surface area contributed by atoms with Crippen molar-refractivity contribution in [2.45, 2.75) is 44.4 Å². The maximum Gasteiger partial charge on any atom is 0.0755 e. The summed E-state index contributed by atoms with van der Waals surface area (Å²) < 4.78 is 5.90. The van der Waals surface area contributed by atoms with Crippen molar-refractivity contribution in [2.24, 2.45) is 5.73 Å². The Bertz CT molecular complexity index is 451. The molecule has 2 aliphatic heterocycles. The van der Waals surface area contributed by atoms with Gasteiger partial charge in [-0.15, -0.1) is 0 Å². The predicted molar refractivity (Wildman–Crippen MR) is 78.9 cm³/mol. The summed E-state index contributed by atoms with van der Waals surface area (Å²) in [6, 6.07) is 6.30. The van der Waals surface area contributed by atoms with Crippen molar-refractivity contribution in [1.29, 1.82) is 0 Å². The summed E-state index contributed by atoms with van der Waals surface area (Å²) in [4.78, 5) is 2.44. The predicted octanol–water partition coefficient (Wildman–Crippen LogP) is 2.60. The van der Waals surface area contributed by atoms with Gasteiger partial charge in [0.05, 0.1) is 12.2 Å². The highest BCUT2D eigenvalue weighted by Gasteiger charge is 2.34. The average molecular weight is 281 g/mol. The van der Waals surface area contributed by atoms with Crippen LogP contribution in [0, 0.1) is 0 Å². The second kappa shape index (κ2) is 5.31. The van der Waals surface area contributed by atoms with Gasteiger partial charge in [0.15, 0.2) is 0 Å². The fourth-order valence-corrected chi connectivity index (χ4v) is 3.38. The summed E-state index contributed by atoms with van der Waals surface area (Å²) >= 11 is 6.12. The summed E-state index contributed by atoms with van der Waals surface area (Å²) in [7, 11) is 0. The molecule has 0 aromatic heterocycles. The highest BCUT2D eigenvalue weighted by Crippen LogP contribution is 2.32. The zero-order valence-corrected chi connectivity index (χ0v) is 12.1. The third kappa shape index (κ3) is 2.88. The number of rotatable bonds is 3. The van der Waals surface area contributed by atoms with E-state index < -0.39 is 0 Å². The standard InChI is InChI=1S/C15H21ClN2O/c1-10(17)6-11-7-12(16)2-5-15(11)18-8-13-3-4-14(9-18)19-13/h2,5,7,10,13-14H,3-4,6,8-9,17H2,1H3. The Morgan fingerprint density at radius 2 is 2.05 bits per heavy atom. The van der Waals surface area contributed by atoms with Gasteiger partial charge in [-0.25, -0.2) is 0 Å². The molecule has 19 heavy (non-hydrogen) atoms. The molecule has 3 unspecified atom stereocenters. The zero-order chi connectivity index (χ0) is 13.4. The monoisotopic (exact) mass is 280 g/mol. The molecule has 0 amide bonds. The summed E-state index contributed by atoms with van der Waals surface area (Å²) in [5.74, 6) is 0. The average Bonchev–Trinajstić information content (AvgIpc) is 2.68. The summed E-state index contributed by atoms with van der Waals surface area (Å²) in [6.07, 6.45) is 4.05. The first kappa shape index (κ1) is 13.2. The van der Waals surface area contributed by atoms with Gasteiger partial charge in [0.25, 0.3) is 0 Å². The van der Waals surface area contributed by atoms with E-state index in [4.69, 9.17) is 22.1 Å². The van der Waals surface area contributed by atoms with E-state index in [1.165, 1.54) is 24.1 Å². The molecule has 3 rings (SSSR count). The summed E-state index contributed by atoms with van der Waals surface area (Å²) in [6.45, 7) is 4.02. The van der Waals surface area contributed by atoms with Crippen molar-refractivity contribution in [3.05, 3.63) is 28.8 Å². The molecular weight excluding hydrogens is 260 g/mol. The highest BCUT2D eigenvalue weighted by atomic mass is 35.5. The van der Waals surface area contributed by atoms with Crippen LogP contribution in [0.2, 0.25) is 5.02 Å². The fourth-order valence-electron chi connectivity index (χ4n) is 3.18. The Hall–Kier alpha value is -0.770. The van der Waals surface area contributed by atoms with Gasteiger partial charge in [0.2, 0.25) is 0 Å². The second-order valence-corrected chi connectivity index (χ2v) is 6.25. The number of fused-ring (bicyclic) bond motifs is 2. The lowest BCUT2D eigenvalue weighted by atomic mass is 10.0. The van der Waals surface area contributed by atoms with Crippen LogP contribution >= 0.6 is 11.6 Å². The molecule has 1 aromatic rings. The molecule has 1 aromatic carbocycles. The molecule has 2 N–H and O–H groups in total. The zero-order valence-electron chi connectivity index (χ0n) is 11.3. The smallest absolute Gasteiger partial charge is 0.0755 e. The van der Waals surface area contributed by atoms with E-state index in [0.717, 1.165) is 24.5 Å². The maximum absolute atomic E-state index is 6.12. The van der Waals surface area contributed by atoms with Gasteiger partial charge in [0, 0.05) is 29.8 Å². The van der Waals surface area contributed by atoms with Gasteiger partial charge < -0.3 is 15.4 Å². The normalized spacial score (nSPS) is 27.6. The molecule has 2 heterocycles. The van der Waals surface area contributed by atoms with Gasteiger partial charge in [-0.3, -0.25) is 0 Å². The van der Waals surface area contributed by atoms with Gasteiger partial charge in [-0.05, 0) is 49.9 Å². The van der Waals surface area contributed by atoms with E-state index in [1.54, 1.807) is 0 Å². The fraction of sp³-hybridized carbons (Fsp3) is 0.600. The van der Waals surface area contributed by atoms with Gasteiger partial charge in [-0.2, -0.15) is 0 Å². The largest absolute Gasteiger partial charge is 0.371 e. The number of benzene rings is 1. The molecule has 3 atom stereocenters. The van der Waals surface area contributed by atoms with Gasteiger partial charge in [0.1, 0.15) is 0 Å². The van der Waals surface area contributed by atoms with E-state index in [0.29, 0.717) is 12.2 Å². The Kier molecular flexibility index (Phi) is 3.70. The topological polar surface area (TPSA) is 38.5 Å². The minimum absolute atomic E-state index is 0.148. The lowest BCUT2D eigenvalue weighted by molar-refractivity contribution is 0.0304. The molecule has 0 aliphatic carbocycles. The van der Waals surface area contributed by atoms with Crippen LogP contribution in [-0.4, -0.2) is 31.3 Å². The van der Waals surface area contributed by atoms with Crippen LogP contribution in [0.15, 0.2) is 18.2 Å². The van der Waals surface area contributed by atoms with E-state index in [-0.39, 0.29) is 6.04 Å². The number of ether oxygens (including phenoxy) is 1. The molecule has 2 fully saturated rings. The number of anilines is 1. The SMILES string of the molecule is CC(N)Cc1cc(Cl)ccc1N1CC2CCC(C1)O2. The first-order valence-electron chi connectivity index (χ1n) is 7.06. The van der Waals surface area contributed by atoms with Crippen molar-refractivity contribution in [2.75, 3.05) is 18.0 Å².